The number of hydrogen-bond donors (Lipinski definition) is 1. The maximum absolute atomic E-state index is 13.2. The van der Waals surface area contributed by atoms with Gasteiger partial charge in [-0.05, 0) is 26.0 Å². The summed E-state index contributed by atoms with van der Waals surface area (Å²) in [6.45, 7) is 5.18. The van der Waals surface area contributed by atoms with Crippen LogP contribution in [-0.2, 0) is 4.74 Å². The van der Waals surface area contributed by atoms with Crippen LogP contribution in [0.1, 0.15) is 33.5 Å². The highest BCUT2D eigenvalue weighted by atomic mass is 16.5. The number of ether oxygens (including phenoxy) is 2. The van der Waals surface area contributed by atoms with E-state index in [0.717, 1.165) is 28.4 Å². The third kappa shape index (κ3) is 3.48. The Labute approximate surface area is 174 Å². The number of amides is 1. The van der Waals surface area contributed by atoms with Crippen molar-refractivity contribution in [2.75, 3.05) is 32.6 Å². The van der Waals surface area contributed by atoms with E-state index in [4.69, 9.17) is 20.3 Å². The highest BCUT2D eigenvalue weighted by molar-refractivity contribution is 5.96. The zero-order valence-corrected chi connectivity index (χ0v) is 17.2. The van der Waals surface area contributed by atoms with E-state index in [1.165, 1.54) is 12.4 Å². The molecule has 0 aliphatic carbocycles. The van der Waals surface area contributed by atoms with Crippen molar-refractivity contribution in [1.29, 1.82) is 0 Å². The number of aromatic nitrogens is 4. The molecule has 3 aromatic rings. The first-order valence-corrected chi connectivity index (χ1v) is 9.67. The first-order chi connectivity index (χ1) is 14.5. The summed E-state index contributed by atoms with van der Waals surface area (Å²) in [6.07, 6.45) is 2.94. The maximum atomic E-state index is 13.2. The van der Waals surface area contributed by atoms with Gasteiger partial charge in [-0.1, -0.05) is 6.07 Å². The number of nitrogens with two attached hydrogens (primary N) is 1. The van der Waals surface area contributed by atoms with Crippen LogP contribution in [0.15, 0.2) is 36.7 Å². The van der Waals surface area contributed by atoms with Gasteiger partial charge in [0.2, 0.25) is 0 Å². The van der Waals surface area contributed by atoms with Crippen LogP contribution in [0.4, 0.5) is 5.82 Å². The largest absolute Gasteiger partial charge is 0.497 e. The van der Waals surface area contributed by atoms with Crippen molar-refractivity contribution < 1.29 is 14.3 Å². The molecule has 1 saturated heterocycles. The highest BCUT2D eigenvalue weighted by Crippen LogP contribution is 2.32. The molecule has 2 aromatic heterocycles. The molecule has 9 nitrogen and oxygen atoms in total. The minimum Gasteiger partial charge on any atom is -0.497 e. The normalized spacial score (nSPS) is 16.5. The molecule has 0 radical (unpaired) electrons. The number of anilines is 1. The summed E-state index contributed by atoms with van der Waals surface area (Å²) in [5.74, 6) is 0.604. The van der Waals surface area contributed by atoms with E-state index in [-0.39, 0.29) is 23.5 Å². The summed E-state index contributed by atoms with van der Waals surface area (Å²) in [7, 11) is 1.63. The van der Waals surface area contributed by atoms with Crippen molar-refractivity contribution in [2.45, 2.75) is 19.9 Å². The fraction of sp³-hybridized carbons (Fsp3) is 0.333. The van der Waals surface area contributed by atoms with Crippen molar-refractivity contribution in [3.63, 3.8) is 0 Å². The van der Waals surface area contributed by atoms with Crippen LogP contribution in [-0.4, -0.2) is 57.4 Å². The Kier molecular flexibility index (Phi) is 5.37. The number of methoxy groups -OCH3 is 1. The second kappa shape index (κ2) is 8.11. The first-order valence-electron chi connectivity index (χ1n) is 9.67. The van der Waals surface area contributed by atoms with Gasteiger partial charge in [0.1, 0.15) is 5.75 Å². The lowest BCUT2D eigenvalue weighted by Gasteiger charge is -2.36. The molecule has 0 saturated carbocycles. The molecule has 1 aromatic carbocycles. The Morgan fingerprint density at radius 2 is 2.07 bits per heavy atom. The van der Waals surface area contributed by atoms with Gasteiger partial charge in [0.25, 0.3) is 5.91 Å². The number of benzene rings is 1. The Bertz CT molecular complexity index is 1080. The second-order valence-corrected chi connectivity index (χ2v) is 7.08. The summed E-state index contributed by atoms with van der Waals surface area (Å²) in [5, 5.41) is 4.73. The van der Waals surface area contributed by atoms with Gasteiger partial charge < -0.3 is 20.1 Å². The van der Waals surface area contributed by atoms with Gasteiger partial charge in [0.15, 0.2) is 11.5 Å². The molecule has 1 aliphatic rings. The fourth-order valence-corrected chi connectivity index (χ4v) is 3.87. The van der Waals surface area contributed by atoms with Crippen LogP contribution in [0.3, 0.4) is 0 Å². The summed E-state index contributed by atoms with van der Waals surface area (Å²) in [5.41, 5.74) is 9.65. The molecule has 1 atom stereocenters. The SMILES string of the molecule is COc1cccc(-n2nc(C)c([C@H]3COCCN3C(=O)c3nccnc3N)c2C)c1. The first kappa shape index (κ1) is 19.8. The Balaban J connectivity index is 1.74. The molecule has 3 heterocycles. The topological polar surface area (TPSA) is 108 Å². The smallest absolute Gasteiger partial charge is 0.276 e. The molecule has 156 valence electrons. The van der Waals surface area contributed by atoms with Crippen LogP contribution in [0.2, 0.25) is 0 Å². The predicted octanol–water partition coefficient (Wildman–Crippen LogP) is 2.08. The molecule has 1 fully saturated rings. The summed E-state index contributed by atoms with van der Waals surface area (Å²) in [4.78, 5) is 23.1. The number of nitrogens with zero attached hydrogens (tertiary/aromatic N) is 5. The number of nitrogen functional groups attached to an aromatic ring is 1. The van der Waals surface area contributed by atoms with E-state index in [1.54, 1.807) is 12.0 Å². The Morgan fingerprint density at radius 3 is 2.83 bits per heavy atom. The predicted molar refractivity (Wildman–Crippen MR) is 111 cm³/mol. The van der Waals surface area contributed by atoms with Gasteiger partial charge in [-0.15, -0.1) is 0 Å². The van der Waals surface area contributed by atoms with Crippen molar-refractivity contribution in [3.8, 4) is 11.4 Å². The quantitative estimate of drug-likeness (QED) is 0.704. The summed E-state index contributed by atoms with van der Waals surface area (Å²) < 4.78 is 12.9. The van der Waals surface area contributed by atoms with E-state index < -0.39 is 0 Å². The highest BCUT2D eigenvalue weighted by Gasteiger charge is 2.34. The van der Waals surface area contributed by atoms with E-state index in [9.17, 15) is 4.79 Å². The van der Waals surface area contributed by atoms with Crippen molar-refractivity contribution in [3.05, 3.63) is 59.3 Å². The molecule has 9 heteroatoms. The van der Waals surface area contributed by atoms with E-state index in [2.05, 4.69) is 9.97 Å². The minimum atomic E-state index is -0.299. The van der Waals surface area contributed by atoms with Crippen LogP contribution in [0.25, 0.3) is 5.69 Å². The van der Waals surface area contributed by atoms with E-state index in [1.807, 2.05) is 42.8 Å². The van der Waals surface area contributed by atoms with E-state index in [0.29, 0.717) is 19.8 Å². The molecule has 0 bridgehead atoms. The number of carbonyl (C=O) groups excluding carboxylic acids is 1. The molecule has 1 amide bonds. The van der Waals surface area contributed by atoms with Gasteiger partial charge in [0.05, 0.1) is 37.7 Å². The Hall–Kier alpha value is -3.46. The second-order valence-electron chi connectivity index (χ2n) is 7.08. The standard InChI is InChI=1S/C21H24N6O3/c1-13-18(14(2)27(25-13)15-5-4-6-16(11-15)29-3)17-12-30-10-9-26(17)21(28)19-20(22)24-8-7-23-19/h4-8,11,17H,9-10,12H2,1-3H3,(H2,22,24)/t17-/m1/s1. The molecule has 2 N–H and O–H groups in total. The zero-order chi connectivity index (χ0) is 21.3. The van der Waals surface area contributed by atoms with Crippen molar-refractivity contribution in [1.82, 2.24) is 24.6 Å². The van der Waals surface area contributed by atoms with Crippen LogP contribution in [0.5, 0.6) is 5.75 Å². The van der Waals surface area contributed by atoms with Crippen LogP contribution >= 0.6 is 0 Å². The fourth-order valence-electron chi connectivity index (χ4n) is 3.87. The monoisotopic (exact) mass is 408 g/mol. The molecular weight excluding hydrogens is 384 g/mol. The Morgan fingerprint density at radius 1 is 1.27 bits per heavy atom. The third-order valence-corrected chi connectivity index (χ3v) is 5.30. The van der Waals surface area contributed by atoms with Crippen molar-refractivity contribution in [2.24, 2.45) is 0 Å². The summed E-state index contributed by atoms with van der Waals surface area (Å²) in [6, 6.07) is 7.39. The lowest BCUT2D eigenvalue weighted by molar-refractivity contribution is -0.00330. The van der Waals surface area contributed by atoms with Gasteiger partial charge in [-0.3, -0.25) is 4.79 Å². The average Bonchev–Trinajstić information content (AvgIpc) is 3.07. The number of aryl methyl sites for hydroxylation is 1. The maximum Gasteiger partial charge on any atom is 0.276 e. The average molecular weight is 408 g/mol. The molecule has 4 rings (SSSR count). The van der Waals surface area contributed by atoms with E-state index >= 15 is 0 Å². The summed E-state index contributed by atoms with van der Waals surface area (Å²) >= 11 is 0. The van der Waals surface area contributed by atoms with Crippen molar-refractivity contribution >= 4 is 11.7 Å². The molecule has 30 heavy (non-hydrogen) atoms. The lowest BCUT2D eigenvalue weighted by Crippen LogP contribution is -2.44. The molecular formula is C21H24N6O3. The van der Waals surface area contributed by atoms with Gasteiger partial charge >= 0.3 is 0 Å². The van der Waals surface area contributed by atoms with Gasteiger partial charge in [0, 0.05) is 36.3 Å². The molecule has 0 unspecified atom stereocenters. The van der Waals surface area contributed by atoms with Gasteiger partial charge in [-0.25, -0.2) is 14.6 Å². The third-order valence-electron chi connectivity index (χ3n) is 5.30. The zero-order valence-electron chi connectivity index (χ0n) is 17.2. The van der Waals surface area contributed by atoms with Gasteiger partial charge in [-0.2, -0.15) is 5.10 Å². The number of rotatable bonds is 4. The molecule has 0 spiro atoms. The van der Waals surface area contributed by atoms with Crippen LogP contribution in [0, 0.1) is 13.8 Å². The number of hydrogen-bond acceptors (Lipinski definition) is 7. The minimum absolute atomic E-state index is 0.119. The lowest BCUT2D eigenvalue weighted by atomic mass is 10.0. The van der Waals surface area contributed by atoms with Crippen LogP contribution < -0.4 is 10.5 Å². The number of carbonyl (C=O) groups is 1. The number of morpholine rings is 1. The molecule has 1 aliphatic heterocycles.